The standard InChI is InChI=1S/C19H25NO6S2/c1-13-14(7-4-5-12-27(21,22)23)19-16-8-6-9-18(28(24,25)26)15(16)10-11-17(19)20(13,2)3/h6,8-11,13-14H,4-5,7,12H2,1-3H3,(H-,21,22,23,24,25,26). The van der Waals surface area contributed by atoms with Crippen LogP contribution in [0.4, 0.5) is 5.69 Å². The maximum absolute atomic E-state index is 11.8. The molecule has 9 heteroatoms. The Bertz CT molecular complexity index is 1120. The first-order valence-electron chi connectivity index (χ1n) is 9.15. The van der Waals surface area contributed by atoms with Crippen molar-refractivity contribution in [2.45, 2.75) is 43.0 Å². The van der Waals surface area contributed by atoms with Crippen LogP contribution in [0.5, 0.6) is 0 Å². The van der Waals surface area contributed by atoms with Gasteiger partial charge in [0, 0.05) is 28.7 Å². The van der Waals surface area contributed by atoms with E-state index in [9.17, 15) is 25.9 Å². The molecule has 1 aliphatic heterocycles. The Hall–Kier alpha value is -1.52. The molecule has 154 valence electrons. The fourth-order valence-electron chi connectivity index (χ4n) is 4.40. The van der Waals surface area contributed by atoms with Gasteiger partial charge in [-0.2, -0.15) is 8.42 Å². The minimum Gasteiger partial charge on any atom is -0.748 e. The van der Waals surface area contributed by atoms with Crippen LogP contribution in [0.1, 0.15) is 37.7 Å². The summed E-state index contributed by atoms with van der Waals surface area (Å²) in [5.41, 5.74) is 2.11. The van der Waals surface area contributed by atoms with E-state index in [0.717, 1.165) is 16.6 Å². The Kier molecular flexibility index (Phi) is 5.35. The summed E-state index contributed by atoms with van der Waals surface area (Å²) in [6, 6.07) is 8.70. The number of rotatable bonds is 6. The van der Waals surface area contributed by atoms with Crippen molar-refractivity contribution < 1.29 is 25.9 Å². The minimum absolute atomic E-state index is 0.0831. The van der Waals surface area contributed by atoms with Gasteiger partial charge in [-0.25, -0.2) is 8.42 Å². The van der Waals surface area contributed by atoms with E-state index in [1.54, 1.807) is 12.1 Å². The van der Waals surface area contributed by atoms with Crippen LogP contribution >= 0.6 is 0 Å². The lowest BCUT2D eigenvalue weighted by molar-refractivity contribution is 0.295. The molecule has 3 rings (SSSR count). The van der Waals surface area contributed by atoms with Crippen LogP contribution in [0.15, 0.2) is 35.2 Å². The van der Waals surface area contributed by atoms with Gasteiger partial charge in [-0.05, 0) is 37.3 Å². The largest absolute Gasteiger partial charge is 0.748 e. The zero-order valence-electron chi connectivity index (χ0n) is 16.1. The number of fused-ring (bicyclic) bond motifs is 3. The van der Waals surface area contributed by atoms with Gasteiger partial charge in [-0.1, -0.05) is 18.6 Å². The van der Waals surface area contributed by atoms with Gasteiger partial charge in [0.15, 0.2) is 0 Å². The molecule has 0 spiro atoms. The summed E-state index contributed by atoms with van der Waals surface area (Å²) in [5, 5.41) is 1.26. The molecule has 2 unspecified atom stereocenters. The van der Waals surface area contributed by atoms with Gasteiger partial charge in [0.25, 0.3) is 10.1 Å². The quantitative estimate of drug-likeness (QED) is 0.431. The topological polar surface area (TPSA) is 112 Å². The lowest BCUT2D eigenvalue weighted by Gasteiger charge is -2.31. The average Bonchev–Trinajstić information content (AvgIpc) is 2.77. The SMILES string of the molecule is CC1C(CCCCS(=O)(=O)[O-])c2c(ccc3c(S(=O)(=O)O)cccc23)[N+]1(C)C. The third kappa shape index (κ3) is 3.81. The van der Waals surface area contributed by atoms with Crippen molar-refractivity contribution in [2.24, 2.45) is 0 Å². The maximum atomic E-state index is 11.8. The number of hydrogen-bond acceptors (Lipinski definition) is 5. The molecule has 2 aromatic carbocycles. The number of nitrogens with zero attached hydrogens (tertiary/aromatic N) is 1. The van der Waals surface area contributed by atoms with Crippen molar-refractivity contribution >= 4 is 36.7 Å². The molecule has 7 nitrogen and oxygen atoms in total. The highest BCUT2D eigenvalue weighted by molar-refractivity contribution is 7.86. The molecule has 0 saturated carbocycles. The van der Waals surface area contributed by atoms with Crippen molar-refractivity contribution in [3.63, 3.8) is 0 Å². The zero-order valence-corrected chi connectivity index (χ0v) is 17.8. The second-order valence-corrected chi connectivity index (χ2v) is 10.9. The maximum Gasteiger partial charge on any atom is 0.295 e. The van der Waals surface area contributed by atoms with Crippen molar-refractivity contribution in [2.75, 3.05) is 19.8 Å². The van der Waals surface area contributed by atoms with Crippen LogP contribution in [0.25, 0.3) is 10.8 Å². The first kappa shape index (κ1) is 21.2. The van der Waals surface area contributed by atoms with Gasteiger partial charge in [0.05, 0.1) is 30.3 Å². The van der Waals surface area contributed by atoms with Crippen LogP contribution in [-0.2, 0) is 20.2 Å². The molecule has 2 atom stereocenters. The molecule has 0 aromatic heterocycles. The second kappa shape index (κ2) is 7.07. The molecular formula is C19H25NO6S2. The van der Waals surface area contributed by atoms with Crippen LogP contribution in [0.2, 0.25) is 0 Å². The highest BCUT2D eigenvalue weighted by Crippen LogP contribution is 2.50. The fourth-order valence-corrected chi connectivity index (χ4v) is 5.66. The number of likely N-dealkylation sites (N-methyl/N-ethyl adjacent to an activating group) is 1. The Labute approximate surface area is 166 Å². The van der Waals surface area contributed by atoms with Crippen molar-refractivity contribution in [1.82, 2.24) is 4.48 Å². The first-order valence-corrected chi connectivity index (χ1v) is 12.2. The molecule has 0 bridgehead atoms. The molecule has 0 radical (unpaired) electrons. The third-order valence-electron chi connectivity index (χ3n) is 6.07. The van der Waals surface area contributed by atoms with Crippen LogP contribution in [-0.4, -0.2) is 51.8 Å². The molecule has 28 heavy (non-hydrogen) atoms. The molecule has 0 saturated heterocycles. The van der Waals surface area contributed by atoms with E-state index in [-0.39, 0.29) is 22.6 Å². The predicted molar refractivity (Wildman–Crippen MR) is 108 cm³/mol. The van der Waals surface area contributed by atoms with Gasteiger partial charge < -0.3 is 4.55 Å². The van der Waals surface area contributed by atoms with E-state index in [2.05, 4.69) is 21.0 Å². The summed E-state index contributed by atoms with van der Waals surface area (Å²) >= 11 is 0. The summed E-state index contributed by atoms with van der Waals surface area (Å²) in [5.74, 6) is -0.290. The lowest BCUT2D eigenvalue weighted by atomic mass is 9.87. The smallest absolute Gasteiger partial charge is 0.295 e. The Balaban J connectivity index is 2.08. The number of quaternary nitrogens is 1. The van der Waals surface area contributed by atoms with Crippen LogP contribution < -0.4 is 4.48 Å². The summed E-state index contributed by atoms with van der Waals surface area (Å²) < 4.78 is 66.4. The molecular weight excluding hydrogens is 402 g/mol. The van der Waals surface area contributed by atoms with Gasteiger partial charge in [0.1, 0.15) is 10.6 Å². The van der Waals surface area contributed by atoms with E-state index < -0.39 is 20.2 Å². The number of benzene rings is 2. The molecule has 2 aromatic rings. The Morgan fingerprint density at radius 3 is 2.32 bits per heavy atom. The average molecular weight is 428 g/mol. The fraction of sp³-hybridized carbons (Fsp3) is 0.474. The van der Waals surface area contributed by atoms with E-state index in [0.29, 0.717) is 29.1 Å². The van der Waals surface area contributed by atoms with Crippen LogP contribution in [0.3, 0.4) is 0 Å². The van der Waals surface area contributed by atoms with Crippen molar-refractivity contribution in [3.05, 3.63) is 35.9 Å². The van der Waals surface area contributed by atoms with Gasteiger partial charge in [-0.3, -0.25) is 9.04 Å². The highest BCUT2D eigenvalue weighted by atomic mass is 32.2. The van der Waals surface area contributed by atoms with Gasteiger partial charge in [0.2, 0.25) is 0 Å². The summed E-state index contributed by atoms with van der Waals surface area (Å²) in [6.07, 6.45) is 1.59. The zero-order chi connectivity index (χ0) is 20.9. The normalized spacial score (nSPS) is 21.8. The summed E-state index contributed by atoms with van der Waals surface area (Å²) in [7, 11) is -4.40. The molecule has 1 aliphatic rings. The van der Waals surface area contributed by atoms with Crippen molar-refractivity contribution in [1.29, 1.82) is 0 Å². The molecule has 0 fully saturated rings. The summed E-state index contributed by atoms with van der Waals surface area (Å²) in [4.78, 5) is -0.117. The van der Waals surface area contributed by atoms with Crippen LogP contribution in [0, 0.1) is 0 Å². The van der Waals surface area contributed by atoms with Gasteiger partial charge in [-0.15, -0.1) is 0 Å². The molecule has 0 aliphatic carbocycles. The van der Waals surface area contributed by atoms with E-state index in [1.165, 1.54) is 6.07 Å². The third-order valence-corrected chi connectivity index (χ3v) is 7.77. The number of hydrogen-bond donors (Lipinski definition) is 1. The predicted octanol–water partition coefficient (Wildman–Crippen LogP) is 2.85. The minimum atomic E-state index is -4.35. The summed E-state index contributed by atoms with van der Waals surface area (Å²) in [6.45, 7) is 2.12. The molecule has 1 heterocycles. The van der Waals surface area contributed by atoms with Crippen molar-refractivity contribution in [3.8, 4) is 0 Å². The monoisotopic (exact) mass is 427 g/mol. The molecule has 1 N–H and O–H groups in total. The molecule has 0 amide bonds. The first-order chi connectivity index (χ1) is 12.8. The highest BCUT2D eigenvalue weighted by Gasteiger charge is 2.45. The number of unbranched alkanes of at least 4 members (excludes halogenated alkanes) is 1. The second-order valence-electron chi connectivity index (χ2n) is 7.97. The van der Waals surface area contributed by atoms with E-state index in [1.807, 2.05) is 12.1 Å². The Morgan fingerprint density at radius 1 is 1.04 bits per heavy atom. The van der Waals surface area contributed by atoms with E-state index >= 15 is 0 Å². The van der Waals surface area contributed by atoms with Gasteiger partial charge >= 0.3 is 0 Å². The van der Waals surface area contributed by atoms with E-state index in [4.69, 9.17) is 0 Å². The Morgan fingerprint density at radius 2 is 1.71 bits per heavy atom. The lowest BCUT2D eigenvalue weighted by Crippen LogP contribution is -2.46.